The zero-order chi connectivity index (χ0) is 9.84. The van der Waals surface area contributed by atoms with Gasteiger partial charge in [0.05, 0.1) is 17.8 Å². The fourth-order valence-corrected chi connectivity index (χ4v) is 1.07. The number of rotatable bonds is 4. The number of nitro groups is 1. The van der Waals surface area contributed by atoms with E-state index in [-0.39, 0.29) is 10.8 Å². The Morgan fingerprint density at radius 1 is 1.85 bits per heavy atom. The number of likely N-dealkylation sites (N-methyl/N-ethyl adjacent to an activating group) is 1. The van der Waals surface area contributed by atoms with E-state index in [0.29, 0.717) is 13.1 Å². The van der Waals surface area contributed by atoms with Gasteiger partial charge in [0.25, 0.3) is 0 Å². The molecule has 1 aromatic heterocycles. The monoisotopic (exact) mass is 204 g/mol. The highest BCUT2D eigenvalue weighted by atomic mass is 35.5. The van der Waals surface area contributed by atoms with Crippen molar-refractivity contribution in [3.05, 3.63) is 21.3 Å². The molecule has 7 heteroatoms. The van der Waals surface area contributed by atoms with Crippen molar-refractivity contribution in [3.8, 4) is 0 Å². The Morgan fingerprint density at radius 3 is 3.00 bits per heavy atom. The fourth-order valence-electron chi connectivity index (χ4n) is 0.851. The minimum Gasteiger partial charge on any atom is -0.358 e. The summed E-state index contributed by atoms with van der Waals surface area (Å²) in [4.78, 5) is 9.74. The largest absolute Gasteiger partial charge is 0.408 e. The Balaban J connectivity index is 2.76. The van der Waals surface area contributed by atoms with Crippen LogP contribution in [0.4, 0.5) is 5.82 Å². The maximum Gasteiger partial charge on any atom is 0.408 e. The van der Waals surface area contributed by atoms with Gasteiger partial charge in [-0.1, -0.05) is 11.6 Å². The van der Waals surface area contributed by atoms with E-state index in [1.807, 2.05) is 0 Å². The fraction of sp³-hybridized carbons (Fsp3) is 0.500. The summed E-state index contributed by atoms with van der Waals surface area (Å²) in [7, 11) is 1.79. The van der Waals surface area contributed by atoms with Crippen molar-refractivity contribution < 1.29 is 4.92 Å². The van der Waals surface area contributed by atoms with Gasteiger partial charge in [-0.3, -0.25) is 0 Å². The van der Waals surface area contributed by atoms with Crippen LogP contribution in [0.2, 0.25) is 5.02 Å². The van der Waals surface area contributed by atoms with Crippen LogP contribution in [-0.4, -0.2) is 28.3 Å². The second kappa shape index (κ2) is 4.20. The predicted molar refractivity (Wildman–Crippen MR) is 47.8 cm³/mol. The zero-order valence-electron chi connectivity index (χ0n) is 7.03. The molecular formula is C6H9ClN4O2. The molecule has 0 atom stereocenters. The molecule has 0 saturated carbocycles. The SMILES string of the molecule is CNCCn1cc(Cl)c([N+](=O)[O-])n1. The van der Waals surface area contributed by atoms with Crippen LogP contribution in [-0.2, 0) is 6.54 Å². The average Bonchev–Trinajstić information content (AvgIpc) is 2.43. The van der Waals surface area contributed by atoms with Crippen molar-refractivity contribution in [2.45, 2.75) is 6.54 Å². The molecule has 0 saturated heterocycles. The lowest BCUT2D eigenvalue weighted by molar-refractivity contribution is -0.389. The first-order chi connectivity index (χ1) is 6.15. The molecule has 13 heavy (non-hydrogen) atoms. The maximum absolute atomic E-state index is 10.3. The van der Waals surface area contributed by atoms with Gasteiger partial charge in [0.1, 0.15) is 0 Å². The highest BCUT2D eigenvalue weighted by Gasteiger charge is 2.18. The van der Waals surface area contributed by atoms with E-state index < -0.39 is 4.92 Å². The third kappa shape index (κ3) is 2.40. The van der Waals surface area contributed by atoms with Crippen molar-refractivity contribution in [1.82, 2.24) is 15.1 Å². The smallest absolute Gasteiger partial charge is 0.358 e. The Hall–Kier alpha value is -1.14. The molecule has 0 fully saturated rings. The van der Waals surface area contributed by atoms with Crippen molar-refractivity contribution >= 4 is 17.4 Å². The van der Waals surface area contributed by atoms with Gasteiger partial charge in [0.15, 0.2) is 5.02 Å². The van der Waals surface area contributed by atoms with Crippen LogP contribution in [0.25, 0.3) is 0 Å². The molecule has 0 spiro atoms. The van der Waals surface area contributed by atoms with Crippen LogP contribution in [0.1, 0.15) is 0 Å². The second-order valence-electron chi connectivity index (χ2n) is 2.42. The number of hydrogen-bond donors (Lipinski definition) is 1. The van der Waals surface area contributed by atoms with Crippen LogP contribution in [0, 0.1) is 10.1 Å². The number of halogens is 1. The van der Waals surface area contributed by atoms with Crippen molar-refractivity contribution in [3.63, 3.8) is 0 Å². The number of aromatic nitrogens is 2. The van der Waals surface area contributed by atoms with Crippen LogP contribution in [0.15, 0.2) is 6.20 Å². The molecule has 0 amide bonds. The minimum atomic E-state index is -0.599. The highest BCUT2D eigenvalue weighted by Crippen LogP contribution is 2.20. The first-order valence-electron chi connectivity index (χ1n) is 3.67. The summed E-state index contributed by atoms with van der Waals surface area (Å²) in [6, 6.07) is 0. The van der Waals surface area contributed by atoms with E-state index in [4.69, 9.17) is 11.6 Å². The molecule has 0 unspecified atom stereocenters. The van der Waals surface area contributed by atoms with Gasteiger partial charge in [-0.15, -0.1) is 0 Å². The number of hydrogen-bond acceptors (Lipinski definition) is 4. The minimum absolute atomic E-state index is 0.0705. The summed E-state index contributed by atoms with van der Waals surface area (Å²) >= 11 is 5.57. The molecule has 1 heterocycles. The van der Waals surface area contributed by atoms with Gasteiger partial charge < -0.3 is 15.4 Å². The lowest BCUT2D eigenvalue weighted by Crippen LogP contribution is -2.15. The Morgan fingerprint density at radius 2 is 2.54 bits per heavy atom. The summed E-state index contributed by atoms with van der Waals surface area (Å²) < 4.78 is 1.44. The molecule has 0 bridgehead atoms. The summed E-state index contributed by atoms with van der Waals surface area (Å²) in [6.07, 6.45) is 1.44. The molecule has 0 aliphatic heterocycles. The van der Waals surface area contributed by atoms with E-state index in [1.165, 1.54) is 10.9 Å². The first kappa shape index (κ1) is 9.94. The molecular weight excluding hydrogens is 196 g/mol. The van der Waals surface area contributed by atoms with Gasteiger partial charge in [-0.05, 0) is 12.0 Å². The van der Waals surface area contributed by atoms with Crippen LogP contribution < -0.4 is 5.32 Å². The predicted octanol–water partition coefficient (Wildman–Crippen LogP) is 0.664. The van der Waals surface area contributed by atoms with Gasteiger partial charge >= 0.3 is 5.82 Å². The lowest BCUT2D eigenvalue weighted by atomic mass is 10.6. The summed E-state index contributed by atoms with van der Waals surface area (Å²) in [5.74, 6) is -0.294. The first-order valence-corrected chi connectivity index (χ1v) is 4.05. The Bertz CT molecular complexity index is 312. The Kier molecular flexibility index (Phi) is 3.21. The maximum atomic E-state index is 10.3. The summed E-state index contributed by atoms with van der Waals surface area (Å²) in [6.45, 7) is 1.25. The quantitative estimate of drug-likeness (QED) is 0.578. The molecule has 1 N–H and O–H groups in total. The van der Waals surface area contributed by atoms with Gasteiger partial charge in [0, 0.05) is 6.54 Å². The normalized spacial score (nSPS) is 10.3. The van der Waals surface area contributed by atoms with Gasteiger partial charge in [-0.25, -0.2) is 0 Å². The molecule has 72 valence electrons. The Labute approximate surface area is 79.6 Å². The van der Waals surface area contributed by atoms with E-state index in [9.17, 15) is 10.1 Å². The van der Waals surface area contributed by atoms with E-state index >= 15 is 0 Å². The van der Waals surface area contributed by atoms with E-state index in [0.717, 1.165) is 0 Å². The zero-order valence-corrected chi connectivity index (χ0v) is 7.78. The molecule has 1 rings (SSSR count). The summed E-state index contributed by atoms with van der Waals surface area (Å²) in [5, 5.41) is 17.0. The lowest BCUT2D eigenvalue weighted by Gasteiger charge is -1.93. The third-order valence-electron chi connectivity index (χ3n) is 1.46. The molecule has 0 radical (unpaired) electrons. The number of nitrogens with zero attached hydrogens (tertiary/aromatic N) is 3. The third-order valence-corrected chi connectivity index (χ3v) is 1.73. The summed E-state index contributed by atoms with van der Waals surface area (Å²) in [5.41, 5.74) is 0. The topological polar surface area (TPSA) is 73.0 Å². The van der Waals surface area contributed by atoms with Gasteiger partial charge in [0.2, 0.25) is 0 Å². The van der Waals surface area contributed by atoms with Crippen LogP contribution in [0.5, 0.6) is 0 Å². The second-order valence-corrected chi connectivity index (χ2v) is 2.83. The molecule has 0 aliphatic rings. The van der Waals surface area contributed by atoms with Crippen molar-refractivity contribution in [2.24, 2.45) is 0 Å². The van der Waals surface area contributed by atoms with E-state index in [1.54, 1.807) is 7.05 Å². The molecule has 1 aromatic rings. The highest BCUT2D eigenvalue weighted by molar-refractivity contribution is 6.32. The molecule has 0 aliphatic carbocycles. The van der Waals surface area contributed by atoms with Crippen LogP contribution in [0.3, 0.4) is 0 Å². The number of nitrogens with one attached hydrogen (secondary N) is 1. The standard InChI is InChI=1S/C6H9ClN4O2/c1-8-2-3-10-4-5(7)6(9-10)11(12)13/h4,8H,2-3H2,1H3. The van der Waals surface area contributed by atoms with Crippen molar-refractivity contribution in [2.75, 3.05) is 13.6 Å². The molecule has 6 nitrogen and oxygen atoms in total. The van der Waals surface area contributed by atoms with E-state index in [2.05, 4.69) is 10.4 Å². The molecule has 0 aromatic carbocycles. The van der Waals surface area contributed by atoms with Crippen molar-refractivity contribution in [1.29, 1.82) is 0 Å². The van der Waals surface area contributed by atoms with Crippen LogP contribution >= 0.6 is 11.6 Å². The van der Waals surface area contributed by atoms with Gasteiger partial charge in [-0.2, -0.15) is 4.68 Å². The average molecular weight is 205 g/mol.